The molecule has 0 atom stereocenters. The van der Waals surface area contributed by atoms with Gasteiger partial charge >= 0.3 is 0 Å². The minimum absolute atomic E-state index is 0.136. The van der Waals surface area contributed by atoms with Crippen molar-refractivity contribution in [2.24, 2.45) is 0 Å². The average Bonchev–Trinajstić information content (AvgIpc) is 2.35. The maximum Gasteiger partial charge on any atom is 0.223 e. The van der Waals surface area contributed by atoms with E-state index in [4.69, 9.17) is 11.6 Å². The molecule has 19 heavy (non-hydrogen) atoms. The maximum atomic E-state index is 11.9. The van der Waals surface area contributed by atoms with E-state index in [1.54, 1.807) is 36.3 Å². The first-order valence-electron chi connectivity index (χ1n) is 5.75. The number of anilines is 1. The molecule has 0 heterocycles. The summed E-state index contributed by atoms with van der Waals surface area (Å²) in [4.78, 5) is 26.5. The van der Waals surface area contributed by atoms with E-state index in [-0.39, 0.29) is 11.7 Å². The number of hydrogen-bond donors (Lipinski definition) is 0. The van der Waals surface area contributed by atoms with Gasteiger partial charge in [-0.3, -0.25) is 9.59 Å². The van der Waals surface area contributed by atoms with Gasteiger partial charge in [-0.15, -0.1) is 0 Å². The molecule has 1 amide bonds. The Labute approximate surface area is 118 Å². The summed E-state index contributed by atoms with van der Waals surface area (Å²) in [6.45, 7) is 1.44. The van der Waals surface area contributed by atoms with Crippen LogP contribution in [0.1, 0.15) is 17.3 Å². The number of ketones is 1. The van der Waals surface area contributed by atoms with Crippen molar-refractivity contribution < 1.29 is 9.59 Å². The molecular weight excluding hydrogens is 264 g/mol. The van der Waals surface area contributed by atoms with Gasteiger partial charge in [-0.2, -0.15) is 0 Å². The smallest absolute Gasteiger partial charge is 0.223 e. The van der Waals surface area contributed by atoms with Crippen molar-refractivity contribution in [1.82, 2.24) is 4.90 Å². The van der Waals surface area contributed by atoms with E-state index in [0.717, 1.165) is 0 Å². The Kier molecular flexibility index (Phi) is 5.12. The molecule has 102 valence electrons. The van der Waals surface area contributed by atoms with Gasteiger partial charge < -0.3 is 9.80 Å². The predicted octanol–water partition coefficient (Wildman–Crippen LogP) is 2.58. The van der Waals surface area contributed by atoms with Crippen molar-refractivity contribution >= 4 is 29.0 Å². The lowest BCUT2D eigenvalue weighted by molar-refractivity contribution is -0.116. The fraction of sp³-hybridized carbons (Fsp3) is 0.286. The van der Waals surface area contributed by atoms with Crippen LogP contribution in [-0.2, 0) is 4.79 Å². The Balaban J connectivity index is 3.09. The molecule has 1 aromatic rings. The van der Waals surface area contributed by atoms with Gasteiger partial charge in [0, 0.05) is 45.9 Å². The van der Waals surface area contributed by atoms with Crippen molar-refractivity contribution in [2.75, 3.05) is 26.0 Å². The summed E-state index contributed by atoms with van der Waals surface area (Å²) in [6.07, 6.45) is 3.14. The lowest BCUT2D eigenvalue weighted by atomic mass is 10.1. The van der Waals surface area contributed by atoms with Crippen molar-refractivity contribution in [3.8, 4) is 0 Å². The molecule has 0 unspecified atom stereocenters. The van der Waals surface area contributed by atoms with Gasteiger partial charge in [-0.25, -0.2) is 0 Å². The van der Waals surface area contributed by atoms with Crippen LogP contribution in [0, 0.1) is 0 Å². The minimum atomic E-state index is -0.143. The number of rotatable bonds is 4. The number of carbonyl (C=O) groups is 2. The van der Waals surface area contributed by atoms with E-state index in [1.807, 2.05) is 14.1 Å². The van der Waals surface area contributed by atoms with E-state index in [1.165, 1.54) is 17.9 Å². The molecule has 1 aromatic carbocycles. The van der Waals surface area contributed by atoms with Gasteiger partial charge in [0.1, 0.15) is 0 Å². The third-order valence-corrected chi connectivity index (χ3v) is 2.91. The summed E-state index contributed by atoms with van der Waals surface area (Å²) < 4.78 is 0. The standard InChI is InChI=1S/C14H17ClN2O2/c1-10(18)17(4)13-9-11(5-6-12(13)15)14(19)7-8-16(2)3/h5-9H,1-4H3/b8-7+. The van der Waals surface area contributed by atoms with Crippen LogP contribution >= 0.6 is 11.6 Å². The molecule has 0 spiro atoms. The Bertz CT molecular complexity index is 524. The molecule has 0 aromatic heterocycles. The lowest BCUT2D eigenvalue weighted by Gasteiger charge is -2.17. The first kappa shape index (κ1) is 15.2. The van der Waals surface area contributed by atoms with E-state index in [9.17, 15) is 9.59 Å². The van der Waals surface area contributed by atoms with Crippen molar-refractivity contribution in [3.05, 3.63) is 41.1 Å². The second-order valence-electron chi connectivity index (χ2n) is 4.39. The molecule has 0 radical (unpaired) electrons. The van der Waals surface area contributed by atoms with Crippen LogP contribution in [0.3, 0.4) is 0 Å². The maximum absolute atomic E-state index is 11.9. The molecule has 0 bridgehead atoms. The molecule has 0 aliphatic carbocycles. The highest BCUT2D eigenvalue weighted by atomic mass is 35.5. The molecule has 0 saturated carbocycles. The molecule has 0 saturated heterocycles. The Morgan fingerprint density at radius 3 is 2.37 bits per heavy atom. The van der Waals surface area contributed by atoms with Gasteiger partial charge in [0.2, 0.25) is 5.91 Å². The first-order chi connectivity index (χ1) is 8.82. The molecule has 0 aliphatic heterocycles. The lowest BCUT2D eigenvalue weighted by Crippen LogP contribution is -2.23. The largest absolute Gasteiger partial charge is 0.383 e. The normalized spacial score (nSPS) is 10.6. The monoisotopic (exact) mass is 280 g/mol. The van der Waals surface area contributed by atoms with Crippen molar-refractivity contribution in [3.63, 3.8) is 0 Å². The van der Waals surface area contributed by atoms with Crippen molar-refractivity contribution in [2.45, 2.75) is 6.92 Å². The molecule has 1 rings (SSSR count). The van der Waals surface area contributed by atoms with E-state index >= 15 is 0 Å². The Morgan fingerprint density at radius 1 is 1.21 bits per heavy atom. The summed E-state index contributed by atoms with van der Waals surface area (Å²) in [6, 6.07) is 4.88. The molecule has 5 heteroatoms. The van der Waals surface area contributed by atoms with Gasteiger partial charge in [0.25, 0.3) is 0 Å². The molecule has 4 nitrogen and oxygen atoms in total. The van der Waals surface area contributed by atoms with Crippen LogP contribution in [0.4, 0.5) is 5.69 Å². The molecule has 0 fully saturated rings. The van der Waals surface area contributed by atoms with Crippen molar-refractivity contribution in [1.29, 1.82) is 0 Å². The van der Waals surface area contributed by atoms with Crippen LogP contribution in [-0.4, -0.2) is 37.7 Å². The van der Waals surface area contributed by atoms with E-state index in [0.29, 0.717) is 16.3 Å². The first-order valence-corrected chi connectivity index (χ1v) is 6.13. The van der Waals surface area contributed by atoms with Crippen LogP contribution in [0.15, 0.2) is 30.5 Å². The second-order valence-corrected chi connectivity index (χ2v) is 4.80. The van der Waals surface area contributed by atoms with E-state index < -0.39 is 0 Å². The number of allylic oxidation sites excluding steroid dienone is 1. The quantitative estimate of drug-likeness (QED) is 0.629. The van der Waals surface area contributed by atoms with Gasteiger partial charge in [0.15, 0.2) is 5.78 Å². The Hall–Kier alpha value is -1.81. The number of carbonyl (C=O) groups excluding carboxylic acids is 2. The number of nitrogens with zero attached hydrogens (tertiary/aromatic N) is 2. The number of benzene rings is 1. The highest BCUT2D eigenvalue weighted by Crippen LogP contribution is 2.26. The van der Waals surface area contributed by atoms with Crippen LogP contribution < -0.4 is 4.90 Å². The summed E-state index contributed by atoms with van der Waals surface area (Å²) in [5.74, 6) is -0.279. The fourth-order valence-corrected chi connectivity index (χ4v) is 1.65. The predicted molar refractivity (Wildman–Crippen MR) is 77.7 cm³/mol. The average molecular weight is 281 g/mol. The van der Waals surface area contributed by atoms with Gasteiger partial charge in [-0.1, -0.05) is 11.6 Å². The topological polar surface area (TPSA) is 40.6 Å². The van der Waals surface area contributed by atoms with E-state index in [2.05, 4.69) is 0 Å². The zero-order valence-corrected chi connectivity index (χ0v) is 12.2. The third-order valence-electron chi connectivity index (χ3n) is 2.59. The minimum Gasteiger partial charge on any atom is -0.383 e. The zero-order chi connectivity index (χ0) is 14.6. The SMILES string of the molecule is CC(=O)N(C)c1cc(C(=O)/C=C/N(C)C)ccc1Cl. The Morgan fingerprint density at radius 2 is 1.84 bits per heavy atom. The summed E-state index contributed by atoms with van der Waals surface area (Å²) in [7, 11) is 5.29. The second kappa shape index (κ2) is 6.38. The van der Waals surface area contributed by atoms with Crippen LogP contribution in [0.5, 0.6) is 0 Å². The fourth-order valence-electron chi connectivity index (χ4n) is 1.41. The number of amides is 1. The number of halogens is 1. The summed E-state index contributed by atoms with van der Waals surface area (Å²) in [5.41, 5.74) is 1.02. The van der Waals surface area contributed by atoms with Gasteiger partial charge in [-0.05, 0) is 18.2 Å². The van der Waals surface area contributed by atoms with Gasteiger partial charge in [0.05, 0.1) is 10.7 Å². The summed E-state index contributed by atoms with van der Waals surface area (Å²) >= 11 is 6.04. The summed E-state index contributed by atoms with van der Waals surface area (Å²) in [5, 5.41) is 0.436. The molecule has 0 aliphatic rings. The zero-order valence-electron chi connectivity index (χ0n) is 11.5. The highest BCUT2D eigenvalue weighted by Gasteiger charge is 2.12. The molecule has 0 N–H and O–H groups in total. The molecular formula is C14H17ClN2O2. The highest BCUT2D eigenvalue weighted by molar-refractivity contribution is 6.34. The van der Waals surface area contributed by atoms with Crippen LogP contribution in [0.2, 0.25) is 5.02 Å². The third kappa shape index (κ3) is 4.10. The number of hydrogen-bond acceptors (Lipinski definition) is 3. The van der Waals surface area contributed by atoms with Crippen LogP contribution in [0.25, 0.3) is 0 Å².